The van der Waals surface area contributed by atoms with Crippen LogP contribution >= 0.6 is 0 Å². The summed E-state index contributed by atoms with van der Waals surface area (Å²) in [6, 6.07) is 21.4. The van der Waals surface area contributed by atoms with Crippen molar-refractivity contribution >= 4 is 17.6 Å². The number of ether oxygens (including phenoxy) is 2. The molecule has 0 bridgehead atoms. The molecule has 1 aromatic heterocycles. The fourth-order valence-electron chi connectivity index (χ4n) is 3.66. The van der Waals surface area contributed by atoms with Crippen LogP contribution in [0.1, 0.15) is 22.1 Å². The average molecular weight is 478 g/mol. The van der Waals surface area contributed by atoms with Gasteiger partial charge in [0, 0.05) is 23.5 Å². The summed E-state index contributed by atoms with van der Waals surface area (Å²) in [5.74, 6) is -0.583. The van der Waals surface area contributed by atoms with Gasteiger partial charge in [-0.2, -0.15) is 0 Å². The number of para-hydroxylation sites is 1. The molecule has 2 N–H and O–H groups in total. The molecule has 0 saturated heterocycles. The van der Waals surface area contributed by atoms with Crippen molar-refractivity contribution < 1.29 is 55.2 Å². The first-order valence-corrected chi connectivity index (χ1v) is 10.4. The minimum Gasteiger partial charge on any atom is -1.00 e. The Bertz CT molecular complexity index is 1370. The Morgan fingerprint density at radius 2 is 1.63 bits per heavy atom. The number of carbonyl (C=O) groups is 2. The van der Waals surface area contributed by atoms with E-state index in [2.05, 4.69) is 10.3 Å². The standard InChI is InChI=1S/C27H22N2O5.Na.H/c1-33-24-10-6-9-21(25(24)34-2)18-11-12-22(27(31)32)23(14-18)29-26(30)20-13-19(15-28-16-20)17-7-4-3-5-8-17;;/h3-16H,1-2H3,(H,29,30)(H,31,32);;/q;+1;-1. The monoisotopic (exact) mass is 478 g/mol. The second-order valence-corrected chi connectivity index (χ2v) is 7.39. The minimum atomic E-state index is -1.16. The van der Waals surface area contributed by atoms with Crippen molar-refractivity contribution in [3.8, 4) is 33.8 Å². The van der Waals surface area contributed by atoms with Crippen molar-refractivity contribution in [1.29, 1.82) is 0 Å². The maximum Gasteiger partial charge on any atom is 1.00 e. The Hall–Kier alpha value is -3.65. The zero-order chi connectivity index (χ0) is 24.1. The predicted octanol–water partition coefficient (Wildman–Crippen LogP) is 2.50. The second kappa shape index (κ2) is 11.7. The van der Waals surface area contributed by atoms with Gasteiger partial charge in [0.25, 0.3) is 5.91 Å². The summed E-state index contributed by atoms with van der Waals surface area (Å²) in [6.45, 7) is 0. The molecule has 0 saturated carbocycles. The van der Waals surface area contributed by atoms with Gasteiger partial charge in [-0.05, 0) is 35.4 Å². The van der Waals surface area contributed by atoms with Crippen LogP contribution in [0, 0.1) is 0 Å². The quantitative estimate of drug-likeness (QED) is 0.396. The Kier molecular flexibility index (Phi) is 8.65. The summed E-state index contributed by atoms with van der Waals surface area (Å²) in [5, 5.41) is 12.4. The number of amides is 1. The Morgan fingerprint density at radius 1 is 0.857 bits per heavy atom. The first kappa shape index (κ1) is 26.0. The van der Waals surface area contributed by atoms with Crippen molar-refractivity contribution in [2.24, 2.45) is 0 Å². The molecule has 0 fully saturated rings. The molecule has 4 rings (SSSR count). The van der Waals surface area contributed by atoms with Crippen LogP contribution < -0.4 is 44.3 Å². The molecule has 0 atom stereocenters. The molecule has 8 heteroatoms. The van der Waals surface area contributed by atoms with Gasteiger partial charge in [-0.1, -0.05) is 48.5 Å². The van der Waals surface area contributed by atoms with Gasteiger partial charge in [0.15, 0.2) is 11.5 Å². The van der Waals surface area contributed by atoms with E-state index in [0.717, 1.165) is 11.1 Å². The smallest absolute Gasteiger partial charge is 1.00 e. The Labute approximate surface area is 226 Å². The van der Waals surface area contributed by atoms with Crippen molar-refractivity contribution in [2.75, 3.05) is 19.5 Å². The van der Waals surface area contributed by atoms with Crippen molar-refractivity contribution in [3.63, 3.8) is 0 Å². The van der Waals surface area contributed by atoms with Crippen LogP contribution in [0.5, 0.6) is 11.5 Å². The number of aromatic nitrogens is 1. The molecular weight excluding hydrogens is 455 g/mol. The van der Waals surface area contributed by atoms with E-state index in [1.54, 1.807) is 43.6 Å². The molecule has 0 radical (unpaired) electrons. The van der Waals surface area contributed by atoms with Crippen LogP contribution in [0.3, 0.4) is 0 Å². The van der Waals surface area contributed by atoms with E-state index >= 15 is 0 Å². The van der Waals surface area contributed by atoms with Crippen LogP contribution in [0.25, 0.3) is 22.3 Å². The summed E-state index contributed by atoms with van der Waals surface area (Å²) < 4.78 is 10.9. The van der Waals surface area contributed by atoms with Gasteiger partial charge in [0.05, 0.1) is 31.0 Å². The normalized spacial score (nSPS) is 10.1. The zero-order valence-electron chi connectivity index (χ0n) is 20.6. The molecule has 0 aliphatic heterocycles. The van der Waals surface area contributed by atoms with Gasteiger partial charge >= 0.3 is 35.5 Å². The summed E-state index contributed by atoms with van der Waals surface area (Å²) in [5.41, 5.74) is 3.48. The third kappa shape index (κ3) is 5.71. The van der Waals surface area contributed by atoms with Crippen molar-refractivity contribution in [3.05, 3.63) is 96.3 Å². The average Bonchev–Trinajstić information content (AvgIpc) is 2.88. The van der Waals surface area contributed by atoms with E-state index < -0.39 is 11.9 Å². The molecule has 0 unspecified atom stereocenters. The van der Waals surface area contributed by atoms with E-state index in [9.17, 15) is 14.7 Å². The van der Waals surface area contributed by atoms with E-state index in [1.165, 1.54) is 19.4 Å². The maximum atomic E-state index is 13.1. The van der Waals surface area contributed by atoms with Crippen LogP contribution in [-0.2, 0) is 0 Å². The third-order valence-corrected chi connectivity index (χ3v) is 5.32. The van der Waals surface area contributed by atoms with Gasteiger partial charge < -0.3 is 21.3 Å². The fourth-order valence-corrected chi connectivity index (χ4v) is 3.66. The van der Waals surface area contributed by atoms with Gasteiger partial charge in [0.1, 0.15) is 0 Å². The summed E-state index contributed by atoms with van der Waals surface area (Å²) in [4.78, 5) is 29.1. The van der Waals surface area contributed by atoms with E-state index in [4.69, 9.17) is 9.47 Å². The Morgan fingerprint density at radius 3 is 2.31 bits per heavy atom. The Balaban J connectivity index is 0.00000228. The number of benzene rings is 3. The van der Waals surface area contributed by atoms with E-state index in [0.29, 0.717) is 28.2 Å². The van der Waals surface area contributed by atoms with Crippen molar-refractivity contribution in [2.45, 2.75) is 0 Å². The molecular formula is C27H23N2NaO5. The molecule has 0 spiro atoms. The molecule has 7 nitrogen and oxygen atoms in total. The number of hydrogen-bond donors (Lipinski definition) is 2. The van der Waals surface area contributed by atoms with Gasteiger partial charge in [-0.15, -0.1) is 0 Å². The first-order chi connectivity index (χ1) is 16.5. The number of rotatable bonds is 7. The molecule has 3 aromatic carbocycles. The van der Waals surface area contributed by atoms with Crippen LogP contribution in [-0.4, -0.2) is 36.2 Å². The molecule has 1 heterocycles. The molecule has 1 amide bonds. The number of carboxylic acids is 1. The molecule has 0 aliphatic rings. The number of nitrogens with one attached hydrogen (secondary N) is 1. The number of carboxylic acid groups (broad SMARTS) is 1. The van der Waals surface area contributed by atoms with E-state index in [-0.39, 0.29) is 42.2 Å². The summed E-state index contributed by atoms with van der Waals surface area (Å²) in [7, 11) is 3.07. The van der Waals surface area contributed by atoms with Crippen LogP contribution in [0.2, 0.25) is 0 Å². The number of hydrogen-bond acceptors (Lipinski definition) is 5. The third-order valence-electron chi connectivity index (χ3n) is 5.32. The number of nitrogens with zero attached hydrogens (tertiary/aromatic N) is 1. The molecule has 172 valence electrons. The number of anilines is 1. The van der Waals surface area contributed by atoms with Crippen LogP contribution in [0.4, 0.5) is 5.69 Å². The molecule has 4 aromatic rings. The second-order valence-electron chi connectivity index (χ2n) is 7.39. The number of carbonyl (C=O) groups excluding carboxylic acids is 1. The van der Waals surface area contributed by atoms with Crippen molar-refractivity contribution in [1.82, 2.24) is 4.98 Å². The predicted molar refractivity (Wildman–Crippen MR) is 131 cm³/mol. The molecule has 35 heavy (non-hydrogen) atoms. The SMILES string of the molecule is COc1cccc(-c2ccc(C(=O)O)c(NC(=O)c3cncc(-c4ccccc4)c3)c2)c1OC.[H-].[Na+]. The van der Waals surface area contributed by atoms with Gasteiger partial charge in [0.2, 0.25) is 0 Å². The summed E-state index contributed by atoms with van der Waals surface area (Å²) >= 11 is 0. The fraction of sp³-hybridized carbons (Fsp3) is 0.0741. The van der Waals surface area contributed by atoms with Crippen LogP contribution in [0.15, 0.2) is 85.2 Å². The van der Waals surface area contributed by atoms with Gasteiger partial charge in [-0.3, -0.25) is 9.78 Å². The zero-order valence-corrected chi connectivity index (χ0v) is 21.6. The summed E-state index contributed by atoms with van der Waals surface area (Å²) in [6.07, 6.45) is 3.11. The minimum absolute atomic E-state index is 0. The number of methoxy groups -OCH3 is 2. The topological polar surface area (TPSA) is 97.8 Å². The number of pyridine rings is 1. The first-order valence-electron chi connectivity index (χ1n) is 10.4. The number of aromatic carboxylic acids is 1. The van der Waals surface area contributed by atoms with Gasteiger partial charge in [-0.25, -0.2) is 4.79 Å². The maximum absolute atomic E-state index is 13.1. The molecule has 0 aliphatic carbocycles. The van der Waals surface area contributed by atoms with E-state index in [1.807, 2.05) is 36.4 Å². The largest absolute Gasteiger partial charge is 1.00 e.